The molecule has 0 spiro atoms. The number of hydrogen-bond acceptors (Lipinski definition) is 5. The van der Waals surface area contributed by atoms with Gasteiger partial charge in [-0.25, -0.2) is 0 Å². The Bertz CT molecular complexity index is 430. The van der Waals surface area contributed by atoms with E-state index < -0.39 is 5.91 Å². The number of aromatic hydroxyl groups is 1. The molecule has 1 rings (SSSR count). The van der Waals surface area contributed by atoms with E-state index in [1.807, 2.05) is 0 Å². The van der Waals surface area contributed by atoms with Crippen molar-refractivity contribution in [3.63, 3.8) is 0 Å². The second-order valence-corrected chi connectivity index (χ2v) is 3.33. The Balaban J connectivity index is 3.05. The molecule has 0 aliphatic heterocycles. The minimum atomic E-state index is -0.668. The molecule has 1 aromatic carbocycles. The smallest absolute Gasteiger partial charge is 0.255 e. The fraction of sp³-hybridized carbons (Fsp3) is 0.273. The quantitative estimate of drug-likeness (QED) is 0.691. The Morgan fingerprint density at radius 1 is 1.53 bits per heavy atom. The molecule has 6 nitrogen and oxygen atoms in total. The highest BCUT2D eigenvalue weighted by atomic mass is 16.5. The third-order valence-electron chi connectivity index (χ3n) is 1.98. The zero-order chi connectivity index (χ0) is 12.8. The van der Waals surface area contributed by atoms with Crippen LogP contribution in [0.15, 0.2) is 12.1 Å². The third-order valence-corrected chi connectivity index (χ3v) is 1.98. The van der Waals surface area contributed by atoms with Crippen LogP contribution in [0.25, 0.3) is 0 Å². The molecule has 0 bridgehead atoms. The fourth-order valence-corrected chi connectivity index (χ4v) is 1.30. The molecular formula is C11H13NO5. The minimum Gasteiger partial charge on any atom is -0.507 e. The maximum absolute atomic E-state index is 10.8. The molecule has 3 N–H and O–H groups in total. The number of benzene rings is 1. The first-order chi connectivity index (χ1) is 8.08. The lowest BCUT2D eigenvalue weighted by Crippen LogP contribution is -2.20. The summed E-state index contributed by atoms with van der Waals surface area (Å²) in [5.74, 6) is -0.793. The van der Waals surface area contributed by atoms with Crippen LogP contribution in [0, 0.1) is 0 Å². The molecule has 0 radical (unpaired) electrons. The van der Waals surface area contributed by atoms with Crippen LogP contribution in [0.5, 0.6) is 11.5 Å². The van der Waals surface area contributed by atoms with E-state index in [2.05, 4.69) is 0 Å². The van der Waals surface area contributed by atoms with Gasteiger partial charge in [0.25, 0.3) is 5.91 Å². The summed E-state index contributed by atoms with van der Waals surface area (Å²) in [4.78, 5) is 21.4. The number of aldehydes is 1. The van der Waals surface area contributed by atoms with Gasteiger partial charge in [0.2, 0.25) is 0 Å². The van der Waals surface area contributed by atoms with Gasteiger partial charge >= 0.3 is 0 Å². The Morgan fingerprint density at radius 3 is 2.76 bits per heavy atom. The summed E-state index contributed by atoms with van der Waals surface area (Å²) >= 11 is 0. The molecule has 0 aliphatic rings. The molecule has 0 fully saturated rings. The summed E-state index contributed by atoms with van der Waals surface area (Å²) in [6, 6.07) is 2.90. The molecule has 0 saturated carbocycles. The monoisotopic (exact) mass is 239 g/mol. The van der Waals surface area contributed by atoms with Crippen molar-refractivity contribution in [1.82, 2.24) is 0 Å². The van der Waals surface area contributed by atoms with Gasteiger partial charge in [-0.15, -0.1) is 0 Å². The third kappa shape index (κ3) is 3.46. The minimum absolute atomic E-state index is 0.0221. The highest BCUT2D eigenvalue weighted by Gasteiger charge is 2.12. The van der Waals surface area contributed by atoms with Crippen molar-refractivity contribution in [2.75, 3.05) is 13.7 Å². The van der Waals surface area contributed by atoms with E-state index in [1.54, 1.807) is 0 Å². The summed E-state index contributed by atoms with van der Waals surface area (Å²) < 4.78 is 9.93. The first-order valence-corrected chi connectivity index (χ1v) is 4.79. The molecule has 0 unspecified atom stereocenters. The number of primary amides is 1. The van der Waals surface area contributed by atoms with Gasteiger partial charge < -0.3 is 20.3 Å². The fourth-order valence-electron chi connectivity index (χ4n) is 1.30. The number of rotatable bonds is 6. The van der Waals surface area contributed by atoms with Gasteiger partial charge in [0.1, 0.15) is 11.5 Å². The number of amides is 1. The number of carbonyl (C=O) groups is 2. The molecule has 0 heterocycles. The Morgan fingerprint density at radius 2 is 2.24 bits per heavy atom. The Labute approximate surface area is 97.9 Å². The summed E-state index contributed by atoms with van der Waals surface area (Å²) in [6.07, 6.45) is 0.447. The van der Waals surface area contributed by atoms with Crippen LogP contribution < -0.4 is 10.5 Å². The van der Waals surface area contributed by atoms with Gasteiger partial charge in [-0.2, -0.15) is 0 Å². The summed E-state index contributed by atoms with van der Waals surface area (Å²) in [5, 5.41) is 9.58. The van der Waals surface area contributed by atoms with Gasteiger partial charge in [-0.1, -0.05) is 0 Å². The van der Waals surface area contributed by atoms with Gasteiger partial charge in [0.15, 0.2) is 12.9 Å². The molecule has 1 aromatic rings. The predicted octanol–water partition coefficient (Wildman–Crippen LogP) is 0.215. The van der Waals surface area contributed by atoms with E-state index in [0.717, 1.165) is 0 Å². The van der Waals surface area contributed by atoms with Crippen LogP contribution in [-0.2, 0) is 16.1 Å². The standard InChI is InChI=1S/C11H13NO5/c1-16-5-7-2-9(14)8(4-13)10(3-7)17-6-11(12)15/h2-4,14H,5-6H2,1H3,(H2,12,15). The highest BCUT2D eigenvalue weighted by Crippen LogP contribution is 2.28. The zero-order valence-electron chi connectivity index (χ0n) is 9.30. The highest BCUT2D eigenvalue weighted by molar-refractivity contribution is 5.84. The number of methoxy groups -OCH3 is 1. The van der Waals surface area contributed by atoms with E-state index in [9.17, 15) is 14.7 Å². The molecule has 0 atom stereocenters. The first-order valence-electron chi connectivity index (χ1n) is 4.79. The van der Waals surface area contributed by atoms with Gasteiger partial charge in [0, 0.05) is 7.11 Å². The van der Waals surface area contributed by atoms with Crippen molar-refractivity contribution in [3.8, 4) is 11.5 Å². The van der Waals surface area contributed by atoms with Crippen molar-refractivity contribution in [3.05, 3.63) is 23.3 Å². The second-order valence-electron chi connectivity index (χ2n) is 3.33. The molecular weight excluding hydrogens is 226 g/mol. The van der Waals surface area contributed by atoms with E-state index in [0.29, 0.717) is 11.8 Å². The van der Waals surface area contributed by atoms with Crippen LogP contribution in [-0.4, -0.2) is 31.0 Å². The molecule has 1 amide bonds. The van der Waals surface area contributed by atoms with Crippen molar-refractivity contribution < 1.29 is 24.2 Å². The lowest BCUT2D eigenvalue weighted by atomic mass is 10.1. The van der Waals surface area contributed by atoms with Crippen LogP contribution in [0.2, 0.25) is 0 Å². The lowest BCUT2D eigenvalue weighted by Gasteiger charge is -2.10. The van der Waals surface area contributed by atoms with E-state index in [4.69, 9.17) is 15.2 Å². The first kappa shape index (κ1) is 13.0. The normalized spacial score (nSPS) is 9.94. The van der Waals surface area contributed by atoms with Crippen molar-refractivity contribution in [1.29, 1.82) is 0 Å². The Hall–Kier alpha value is -2.08. The van der Waals surface area contributed by atoms with Crippen LogP contribution in [0.1, 0.15) is 15.9 Å². The largest absolute Gasteiger partial charge is 0.507 e. The van der Waals surface area contributed by atoms with E-state index >= 15 is 0 Å². The zero-order valence-corrected chi connectivity index (χ0v) is 9.30. The second kappa shape index (κ2) is 5.86. The molecule has 0 aliphatic carbocycles. The SMILES string of the molecule is COCc1cc(O)c(C=O)c(OCC(N)=O)c1. The molecule has 6 heteroatoms. The van der Waals surface area contributed by atoms with Crippen molar-refractivity contribution in [2.45, 2.75) is 6.61 Å². The number of hydrogen-bond donors (Lipinski definition) is 2. The molecule has 0 aromatic heterocycles. The van der Waals surface area contributed by atoms with Crippen LogP contribution >= 0.6 is 0 Å². The van der Waals surface area contributed by atoms with Gasteiger partial charge in [-0.3, -0.25) is 9.59 Å². The van der Waals surface area contributed by atoms with Crippen molar-refractivity contribution >= 4 is 12.2 Å². The van der Waals surface area contributed by atoms with Crippen LogP contribution in [0.4, 0.5) is 0 Å². The number of nitrogens with two attached hydrogens (primary N) is 1. The number of ether oxygens (including phenoxy) is 2. The average molecular weight is 239 g/mol. The van der Waals surface area contributed by atoms with Crippen LogP contribution in [0.3, 0.4) is 0 Å². The van der Waals surface area contributed by atoms with Crippen molar-refractivity contribution in [2.24, 2.45) is 5.73 Å². The molecule has 92 valence electrons. The number of carbonyl (C=O) groups excluding carboxylic acids is 2. The maximum atomic E-state index is 10.8. The van der Waals surface area contributed by atoms with Gasteiger partial charge in [0.05, 0.1) is 12.2 Å². The summed E-state index contributed by atoms with van der Waals surface area (Å²) in [6.45, 7) is -0.115. The average Bonchev–Trinajstić information content (AvgIpc) is 2.26. The summed E-state index contributed by atoms with van der Waals surface area (Å²) in [5.41, 5.74) is 5.53. The Kier molecular flexibility index (Phi) is 4.47. The summed E-state index contributed by atoms with van der Waals surface area (Å²) in [7, 11) is 1.49. The predicted molar refractivity (Wildman–Crippen MR) is 58.9 cm³/mol. The van der Waals surface area contributed by atoms with Gasteiger partial charge in [-0.05, 0) is 17.7 Å². The number of phenols is 1. The molecule has 17 heavy (non-hydrogen) atoms. The maximum Gasteiger partial charge on any atom is 0.255 e. The van der Waals surface area contributed by atoms with E-state index in [1.165, 1.54) is 19.2 Å². The molecule has 0 saturated heterocycles. The lowest BCUT2D eigenvalue weighted by molar-refractivity contribution is -0.119. The van der Waals surface area contributed by atoms with E-state index in [-0.39, 0.29) is 30.3 Å². The topological polar surface area (TPSA) is 98.8 Å². The number of phenolic OH excluding ortho intramolecular Hbond substituents is 1.